The minimum Gasteiger partial charge on any atom is -0.379 e. The Labute approximate surface area is 137 Å². The molecule has 0 radical (unpaired) electrons. The molecule has 2 unspecified atom stereocenters. The first-order valence-electron chi connectivity index (χ1n) is 8.78. The smallest absolute Gasteiger partial charge is 0.379 e. The Morgan fingerprint density at radius 3 is 2.23 bits per heavy atom. The Balaban J connectivity index is 2.26. The van der Waals surface area contributed by atoms with E-state index in [1.165, 1.54) is 0 Å². The fraction of sp³-hybridized carbons (Fsp3) is 1.00. The molecule has 132 valence electrons. The van der Waals surface area contributed by atoms with Crippen molar-refractivity contribution in [2.24, 2.45) is 0 Å². The molecule has 1 rings (SSSR count). The molecule has 0 aliphatic carbocycles. The van der Waals surface area contributed by atoms with Gasteiger partial charge in [0.1, 0.15) is 6.10 Å². The topological polar surface area (TPSA) is 49.5 Å². The fourth-order valence-electron chi connectivity index (χ4n) is 2.13. The van der Waals surface area contributed by atoms with E-state index in [0.717, 1.165) is 51.9 Å². The number of hydrogen-bond acceptors (Lipinski definition) is 5. The first-order chi connectivity index (χ1) is 10.6. The molecule has 0 bridgehead atoms. The molecule has 1 heterocycles. The maximum atomic E-state index is 6.25. The highest BCUT2D eigenvalue weighted by atomic mass is 28.4. The zero-order valence-corrected chi connectivity index (χ0v) is 15.8. The molecular formula is C16H34O5Si. The highest BCUT2D eigenvalue weighted by Gasteiger charge is 2.37. The summed E-state index contributed by atoms with van der Waals surface area (Å²) in [5.74, 6) is 0. The van der Waals surface area contributed by atoms with Gasteiger partial charge < -0.3 is 22.8 Å². The van der Waals surface area contributed by atoms with Crippen LogP contribution in [0.1, 0.15) is 52.9 Å². The van der Waals surface area contributed by atoms with E-state index in [2.05, 4.69) is 20.8 Å². The van der Waals surface area contributed by atoms with Crippen LogP contribution in [0.4, 0.5) is 0 Å². The molecule has 1 saturated heterocycles. The molecule has 0 spiro atoms. The summed E-state index contributed by atoms with van der Waals surface area (Å²) in [5.41, 5.74) is 0. The van der Waals surface area contributed by atoms with Crippen LogP contribution in [0, 0.1) is 0 Å². The maximum Gasteiger partial charge on any atom is 0.497 e. The molecule has 5 nitrogen and oxygen atoms in total. The predicted molar refractivity (Wildman–Crippen MR) is 89.1 cm³/mol. The Kier molecular flexibility index (Phi) is 10.5. The van der Waals surface area contributed by atoms with Crippen molar-refractivity contribution in [2.45, 2.75) is 71.6 Å². The van der Waals surface area contributed by atoms with Crippen LogP contribution in [0.3, 0.4) is 0 Å². The van der Waals surface area contributed by atoms with Crippen LogP contribution >= 0.6 is 0 Å². The zero-order chi connectivity index (χ0) is 16.3. The van der Waals surface area contributed by atoms with Gasteiger partial charge >= 0.3 is 8.80 Å². The molecule has 1 fully saturated rings. The van der Waals surface area contributed by atoms with Gasteiger partial charge in [-0.15, -0.1) is 0 Å². The molecule has 1 aliphatic rings. The third-order valence-corrected chi connectivity index (χ3v) is 5.71. The Morgan fingerprint density at radius 1 is 1.09 bits per heavy atom. The van der Waals surface area contributed by atoms with Crippen LogP contribution in [-0.4, -0.2) is 54.0 Å². The lowest BCUT2D eigenvalue weighted by molar-refractivity contribution is 0.0228. The van der Waals surface area contributed by atoms with E-state index in [0.29, 0.717) is 19.3 Å². The summed E-state index contributed by atoms with van der Waals surface area (Å²) in [5, 5.41) is 0. The standard InChI is InChI=1S/C16H34O5Si/c1-5-10-19-22(4,20-11-6-2)21-15(7-3)9-8-12-17-13-16-14-18-16/h15-16H,5-14H2,1-4H3. The highest BCUT2D eigenvalue weighted by Crippen LogP contribution is 2.18. The number of ether oxygens (including phenoxy) is 2. The summed E-state index contributed by atoms with van der Waals surface area (Å²) in [6, 6.07) is 0. The fourth-order valence-corrected chi connectivity index (χ4v) is 4.39. The Morgan fingerprint density at radius 2 is 1.73 bits per heavy atom. The second kappa shape index (κ2) is 11.5. The number of epoxide rings is 1. The zero-order valence-electron chi connectivity index (χ0n) is 14.8. The maximum absolute atomic E-state index is 6.25. The lowest BCUT2D eigenvalue weighted by Crippen LogP contribution is -2.46. The van der Waals surface area contributed by atoms with Crippen LogP contribution < -0.4 is 0 Å². The molecule has 2 atom stereocenters. The molecule has 0 N–H and O–H groups in total. The SMILES string of the molecule is CCCO[Si](C)(OCCC)OC(CC)CCCOCC1CO1. The minimum absolute atomic E-state index is 0.186. The van der Waals surface area contributed by atoms with E-state index in [1.807, 2.05) is 6.55 Å². The van der Waals surface area contributed by atoms with Crippen molar-refractivity contribution < 1.29 is 22.8 Å². The summed E-state index contributed by atoms with van der Waals surface area (Å²) < 4.78 is 28.8. The summed E-state index contributed by atoms with van der Waals surface area (Å²) in [6.07, 6.45) is 5.45. The van der Waals surface area contributed by atoms with Crippen LogP contribution in [0.25, 0.3) is 0 Å². The van der Waals surface area contributed by atoms with Gasteiger partial charge in [-0.05, 0) is 32.1 Å². The van der Waals surface area contributed by atoms with Gasteiger partial charge in [-0.1, -0.05) is 20.8 Å². The first-order valence-corrected chi connectivity index (χ1v) is 11.0. The van der Waals surface area contributed by atoms with Crippen LogP contribution in [-0.2, 0) is 22.8 Å². The molecule has 0 aromatic rings. The van der Waals surface area contributed by atoms with Gasteiger partial charge in [-0.25, -0.2) is 0 Å². The highest BCUT2D eigenvalue weighted by molar-refractivity contribution is 6.59. The lowest BCUT2D eigenvalue weighted by atomic mass is 10.1. The second-order valence-corrected chi connectivity index (χ2v) is 8.42. The second-order valence-electron chi connectivity index (χ2n) is 5.88. The summed E-state index contributed by atoms with van der Waals surface area (Å²) in [7, 11) is -2.51. The molecule has 1 aliphatic heterocycles. The largest absolute Gasteiger partial charge is 0.497 e. The third-order valence-electron chi connectivity index (χ3n) is 3.49. The van der Waals surface area contributed by atoms with Gasteiger partial charge in [0, 0.05) is 32.5 Å². The molecule has 22 heavy (non-hydrogen) atoms. The first kappa shape index (κ1) is 20.1. The van der Waals surface area contributed by atoms with Crippen molar-refractivity contribution in [3.05, 3.63) is 0 Å². The third kappa shape index (κ3) is 9.22. The van der Waals surface area contributed by atoms with Gasteiger partial charge in [0.25, 0.3) is 0 Å². The average molecular weight is 335 g/mol. The van der Waals surface area contributed by atoms with Gasteiger partial charge in [0.2, 0.25) is 0 Å². The van der Waals surface area contributed by atoms with E-state index in [9.17, 15) is 0 Å². The minimum atomic E-state index is -2.51. The molecule has 0 amide bonds. The van der Waals surface area contributed by atoms with Crippen molar-refractivity contribution >= 4 is 8.80 Å². The van der Waals surface area contributed by atoms with E-state index >= 15 is 0 Å². The van der Waals surface area contributed by atoms with Crippen LogP contribution in [0.15, 0.2) is 0 Å². The van der Waals surface area contributed by atoms with Crippen molar-refractivity contribution in [2.75, 3.05) is 33.0 Å². The van der Waals surface area contributed by atoms with E-state index in [4.69, 9.17) is 22.8 Å². The average Bonchev–Trinajstić information content (AvgIpc) is 3.34. The molecule has 6 heteroatoms. The monoisotopic (exact) mass is 334 g/mol. The normalized spacial score (nSPS) is 19.4. The summed E-state index contributed by atoms with van der Waals surface area (Å²) >= 11 is 0. The summed E-state index contributed by atoms with van der Waals surface area (Å²) in [4.78, 5) is 0. The van der Waals surface area contributed by atoms with Crippen LogP contribution in [0.5, 0.6) is 0 Å². The Hall–Kier alpha value is 0.0169. The van der Waals surface area contributed by atoms with Crippen molar-refractivity contribution in [3.8, 4) is 0 Å². The van der Waals surface area contributed by atoms with Gasteiger partial charge in [0.05, 0.1) is 13.2 Å². The van der Waals surface area contributed by atoms with Gasteiger partial charge in [-0.3, -0.25) is 0 Å². The van der Waals surface area contributed by atoms with E-state index in [1.54, 1.807) is 0 Å². The summed E-state index contributed by atoms with van der Waals surface area (Å²) in [6.45, 7) is 12.1. The number of rotatable bonds is 15. The van der Waals surface area contributed by atoms with E-state index in [-0.39, 0.29) is 6.10 Å². The van der Waals surface area contributed by atoms with Gasteiger partial charge in [-0.2, -0.15) is 0 Å². The molecule has 0 aromatic carbocycles. The quantitative estimate of drug-likeness (QED) is 0.261. The van der Waals surface area contributed by atoms with Crippen LogP contribution in [0.2, 0.25) is 6.55 Å². The molecule has 0 saturated carbocycles. The number of hydrogen-bond donors (Lipinski definition) is 0. The van der Waals surface area contributed by atoms with E-state index < -0.39 is 8.80 Å². The Bertz CT molecular complexity index is 265. The lowest BCUT2D eigenvalue weighted by Gasteiger charge is -2.30. The van der Waals surface area contributed by atoms with Crippen molar-refractivity contribution in [3.63, 3.8) is 0 Å². The van der Waals surface area contributed by atoms with Gasteiger partial charge in [0.15, 0.2) is 0 Å². The molecular weight excluding hydrogens is 300 g/mol. The molecule has 0 aromatic heterocycles. The van der Waals surface area contributed by atoms with Crippen molar-refractivity contribution in [1.82, 2.24) is 0 Å². The van der Waals surface area contributed by atoms with Crippen molar-refractivity contribution in [1.29, 1.82) is 0 Å². The predicted octanol–water partition coefficient (Wildman–Crippen LogP) is 3.40.